The molecule has 5 heteroatoms. The highest BCUT2D eigenvalue weighted by Crippen LogP contribution is 2.41. The molecular weight excluding hydrogens is 631 g/mol. The van der Waals surface area contributed by atoms with Gasteiger partial charge in [0.25, 0.3) is 0 Å². The third-order valence-electron chi connectivity index (χ3n) is 9.37. The molecule has 0 aliphatic heterocycles. The average molecular weight is 658 g/mol. The summed E-state index contributed by atoms with van der Waals surface area (Å²) in [6, 6.07) is 56.8. The number of thiophene rings is 1. The molecule has 0 aliphatic rings. The number of fused-ring (bicyclic) bond motifs is 6. The van der Waals surface area contributed by atoms with Crippen LogP contribution in [-0.4, -0.2) is 15.0 Å². The van der Waals surface area contributed by atoms with Crippen LogP contribution in [0.5, 0.6) is 0 Å². The van der Waals surface area contributed by atoms with Gasteiger partial charge < -0.3 is 4.42 Å². The first kappa shape index (κ1) is 28.6. The van der Waals surface area contributed by atoms with Crippen LogP contribution in [0.1, 0.15) is 0 Å². The van der Waals surface area contributed by atoms with Gasteiger partial charge in [0.15, 0.2) is 17.5 Å². The first-order valence-electron chi connectivity index (χ1n) is 16.6. The standard InChI is InChI=1S/C45H27N3OS/c1-3-12-28(13-4-1)32-16-7-8-17-33(32)30-22-24-34-35-25-23-31(27-39(35)49-38(34)26-30)44-46-43(29-14-5-2-6-15-29)47-45(48-44)37-19-11-21-41-42(37)36-18-9-10-20-40(36)50-41/h1-27H. The van der Waals surface area contributed by atoms with Crippen LogP contribution in [0.2, 0.25) is 0 Å². The topological polar surface area (TPSA) is 51.8 Å². The van der Waals surface area contributed by atoms with Crippen molar-refractivity contribution in [2.24, 2.45) is 0 Å². The summed E-state index contributed by atoms with van der Waals surface area (Å²) < 4.78 is 9.03. The normalized spacial score (nSPS) is 11.6. The molecule has 0 aliphatic carbocycles. The largest absolute Gasteiger partial charge is 0.456 e. The molecule has 10 aromatic rings. The fourth-order valence-corrected chi connectivity index (χ4v) is 8.12. The Morgan fingerprint density at radius 2 is 0.900 bits per heavy atom. The number of hydrogen-bond acceptors (Lipinski definition) is 5. The van der Waals surface area contributed by atoms with E-state index in [1.807, 2.05) is 36.4 Å². The van der Waals surface area contributed by atoms with Crippen LogP contribution in [0.15, 0.2) is 168 Å². The lowest BCUT2D eigenvalue weighted by atomic mass is 9.94. The van der Waals surface area contributed by atoms with Crippen LogP contribution < -0.4 is 0 Å². The SMILES string of the molecule is c1ccc(-c2nc(-c3ccc4c(c3)oc3cc(-c5ccccc5-c5ccccc5)ccc34)nc(-c3cccc4sc5ccccc5c34)n2)cc1. The lowest BCUT2D eigenvalue weighted by Crippen LogP contribution is -2.00. The van der Waals surface area contributed by atoms with E-state index in [0.29, 0.717) is 17.5 Å². The van der Waals surface area contributed by atoms with Crippen molar-refractivity contribution in [1.82, 2.24) is 15.0 Å². The van der Waals surface area contributed by atoms with Crippen LogP contribution in [0.25, 0.3) is 98.5 Å². The molecule has 234 valence electrons. The smallest absolute Gasteiger partial charge is 0.164 e. The summed E-state index contributed by atoms with van der Waals surface area (Å²) in [5.41, 5.74) is 9.10. The summed E-state index contributed by atoms with van der Waals surface area (Å²) in [6.45, 7) is 0. The zero-order valence-corrected chi connectivity index (χ0v) is 27.6. The number of benzene rings is 7. The molecule has 0 atom stereocenters. The number of nitrogens with zero attached hydrogens (tertiary/aromatic N) is 3. The Bertz CT molecular complexity index is 2870. The Balaban J connectivity index is 1.12. The van der Waals surface area contributed by atoms with Crippen LogP contribution in [0.3, 0.4) is 0 Å². The molecule has 0 radical (unpaired) electrons. The molecule has 4 nitrogen and oxygen atoms in total. The molecule has 0 bridgehead atoms. The molecule has 0 saturated heterocycles. The highest BCUT2D eigenvalue weighted by atomic mass is 32.1. The molecule has 3 heterocycles. The highest BCUT2D eigenvalue weighted by Gasteiger charge is 2.18. The van der Waals surface area contributed by atoms with Crippen molar-refractivity contribution in [1.29, 1.82) is 0 Å². The minimum Gasteiger partial charge on any atom is -0.456 e. The maximum Gasteiger partial charge on any atom is 0.164 e. The second kappa shape index (κ2) is 11.6. The van der Waals surface area contributed by atoms with Gasteiger partial charge in [0.1, 0.15) is 11.2 Å². The van der Waals surface area contributed by atoms with Crippen LogP contribution in [-0.2, 0) is 0 Å². The maximum absolute atomic E-state index is 6.58. The van der Waals surface area contributed by atoms with Gasteiger partial charge in [-0.3, -0.25) is 0 Å². The van der Waals surface area contributed by atoms with Crippen molar-refractivity contribution >= 4 is 53.4 Å². The molecule has 7 aromatic carbocycles. The van der Waals surface area contributed by atoms with Crippen LogP contribution in [0.4, 0.5) is 0 Å². The van der Waals surface area contributed by atoms with Crippen molar-refractivity contribution in [3.63, 3.8) is 0 Å². The van der Waals surface area contributed by atoms with E-state index >= 15 is 0 Å². The van der Waals surface area contributed by atoms with Gasteiger partial charge in [0, 0.05) is 47.6 Å². The fourth-order valence-electron chi connectivity index (χ4n) is 6.99. The first-order valence-corrected chi connectivity index (χ1v) is 17.4. The van der Waals surface area contributed by atoms with Gasteiger partial charge in [0.05, 0.1) is 0 Å². The van der Waals surface area contributed by atoms with E-state index in [-0.39, 0.29) is 0 Å². The average Bonchev–Trinajstić information content (AvgIpc) is 3.76. The fraction of sp³-hybridized carbons (Fsp3) is 0. The summed E-state index contributed by atoms with van der Waals surface area (Å²) in [5, 5.41) is 4.51. The molecular formula is C45H27N3OS. The maximum atomic E-state index is 6.58. The Hall–Kier alpha value is -6.43. The van der Waals surface area contributed by atoms with E-state index in [4.69, 9.17) is 19.4 Å². The van der Waals surface area contributed by atoms with E-state index in [1.54, 1.807) is 11.3 Å². The van der Waals surface area contributed by atoms with E-state index in [1.165, 1.54) is 36.9 Å². The summed E-state index contributed by atoms with van der Waals surface area (Å²) >= 11 is 1.79. The summed E-state index contributed by atoms with van der Waals surface area (Å²) in [6.07, 6.45) is 0. The van der Waals surface area contributed by atoms with E-state index in [2.05, 4.69) is 127 Å². The predicted molar refractivity (Wildman–Crippen MR) is 207 cm³/mol. The number of furan rings is 1. The quantitative estimate of drug-likeness (QED) is 0.185. The van der Waals surface area contributed by atoms with E-state index in [9.17, 15) is 0 Å². The van der Waals surface area contributed by atoms with Gasteiger partial charge in [0.2, 0.25) is 0 Å². The molecule has 0 N–H and O–H groups in total. The Morgan fingerprint density at radius 1 is 0.360 bits per heavy atom. The van der Waals surface area contributed by atoms with Crippen molar-refractivity contribution in [3.05, 3.63) is 164 Å². The van der Waals surface area contributed by atoms with Gasteiger partial charge in [-0.1, -0.05) is 127 Å². The number of aromatic nitrogens is 3. The van der Waals surface area contributed by atoms with Gasteiger partial charge in [-0.05, 0) is 58.7 Å². The first-order chi connectivity index (χ1) is 24.8. The van der Waals surface area contributed by atoms with Crippen molar-refractivity contribution in [3.8, 4) is 56.4 Å². The number of rotatable bonds is 5. The third kappa shape index (κ3) is 4.79. The van der Waals surface area contributed by atoms with Crippen molar-refractivity contribution < 1.29 is 4.42 Å². The van der Waals surface area contributed by atoms with Crippen molar-refractivity contribution in [2.45, 2.75) is 0 Å². The minimum atomic E-state index is 0.602. The molecule has 50 heavy (non-hydrogen) atoms. The zero-order valence-electron chi connectivity index (χ0n) is 26.7. The monoisotopic (exact) mass is 657 g/mol. The molecule has 0 spiro atoms. The second-order valence-electron chi connectivity index (χ2n) is 12.4. The van der Waals surface area contributed by atoms with Crippen LogP contribution >= 0.6 is 11.3 Å². The summed E-state index contributed by atoms with van der Waals surface area (Å²) in [7, 11) is 0. The minimum absolute atomic E-state index is 0.602. The lowest BCUT2D eigenvalue weighted by molar-refractivity contribution is 0.669. The van der Waals surface area contributed by atoms with Gasteiger partial charge in [-0.15, -0.1) is 11.3 Å². The highest BCUT2D eigenvalue weighted by molar-refractivity contribution is 7.25. The van der Waals surface area contributed by atoms with Crippen molar-refractivity contribution in [2.75, 3.05) is 0 Å². The third-order valence-corrected chi connectivity index (χ3v) is 10.5. The van der Waals surface area contributed by atoms with E-state index < -0.39 is 0 Å². The summed E-state index contributed by atoms with van der Waals surface area (Å²) in [4.78, 5) is 15.2. The van der Waals surface area contributed by atoms with E-state index in [0.717, 1.165) is 44.2 Å². The van der Waals surface area contributed by atoms with Gasteiger partial charge in [-0.25, -0.2) is 15.0 Å². The lowest BCUT2D eigenvalue weighted by Gasteiger charge is -2.10. The summed E-state index contributed by atoms with van der Waals surface area (Å²) in [5.74, 6) is 1.88. The molecule has 0 saturated carbocycles. The Labute approximate surface area is 292 Å². The zero-order chi connectivity index (χ0) is 33.0. The van der Waals surface area contributed by atoms with Crippen LogP contribution in [0, 0.1) is 0 Å². The Kier molecular flexibility index (Phi) is 6.64. The molecule has 10 rings (SSSR count). The predicted octanol–water partition coefficient (Wildman–Crippen LogP) is 12.5. The Morgan fingerprint density at radius 3 is 1.66 bits per heavy atom. The number of hydrogen-bond donors (Lipinski definition) is 0. The second-order valence-corrected chi connectivity index (χ2v) is 13.5. The molecule has 3 aromatic heterocycles. The molecule has 0 unspecified atom stereocenters. The molecule has 0 fully saturated rings. The molecule has 0 amide bonds. The van der Waals surface area contributed by atoms with Gasteiger partial charge >= 0.3 is 0 Å². The van der Waals surface area contributed by atoms with Gasteiger partial charge in [-0.2, -0.15) is 0 Å².